The topological polar surface area (TPSA) is 32.3 Å². The lowest BCUT2D eigenvalue weighted by Gasteiger charge is -2.24. The Morgan fingerprint density at radius 3 is 2.33 bits per heavy atom. The van der Waals surface area contributed by atoms with Crippen LogP contribution < -0.4 is 5.32 Å². The molecule has 1 atom stereocenters. The summed E-state index contributed by atoms with van der Waals surface area (Å²) in [4.78, 5) is 13.5. The molecule has 1 fully saturated rings. The zero-order valence-corrected chi connectivity index (χ0v) is 11.1. The smallest absolute Gasteiger partial charge is 0.220 e. The molecule has 1 N–H and O–H groups in total. The summed E-state index contributed by atoms with van der Waals surface area (Å²) in [5, 5.41) is 2.69. The Kier molecular flexibility index (Phi) is 5.88. The third-order valence-corrected chi connectivity index (χ3v) is 3.03. The zero-order chi connectivity index (χ0) is 12.1. The predicted octanol–water partition coefficient (Wildman–Crippen LogP) is 1.74. The van der Waals surface area contributed by atoms with Crippen LogP contribution in [0.4, 0.5) is 0 Å². The first kappa shape index (κ1) is 14.4. The van der Waals surface area contributed by atoms with Crippen molar-refractivity contribution in [1.82, 2.24) is 10.2 Å². The van der Waals surface area contributed by atoms with E-state index < -0.39 is 0 Å². The minimum atomic E-state index is 0.161. The van der Waals surface area contributed by atoms with Crippen LogP contribution in [-0.4, -0.2) is 38.0 Å². The first-order valence-electron chi connectivity index (χ1n) is 5.85. The lowest BCUT2D eigenvalue weighted by atomic mass is 9.80. The quantitative estimate of drug-likeness (QED) is 0.759. The summed E-state index contributed by atoms with van der Waals surface area (Å²) >= 11 is 0. The Balaban J connectivity index is 0.000000921. The first-order chi connectivity index (χ1) is 6.95. The van der Waals surface area contributed by atoms with Crippen molar-refractivity contribution in [2.75, 3.05) is 27.2 Å². The number of rotatable bonds is 2. The van der Waals surface area contributed by atoms with Crippen LogP contribution in [0.15, 0.2) is 0 Å². The lowest BCUT2D eigenvalue weighted by Crippen LogP contribution is -2.28. The Hall–Kier alpha value is -0.570. The van der Waals surface area contributed by atoms with E-state index in [0.717, 1.165) is 13.1 Å². The van der Waals surface area contributed by atoms with Crippen molar-refractivity contribution >= 4 is 5.91 Å². The lowest BCUT2D eigenvalue weighted by molar-refractivity contribution is -0.122. The molecule has 1 aliphatic heterocycles. The van der Waals surface area contributed by atoms with E-state index in [9.17, 15) is 4.79 Å². The third-order valence-electron chi connectivity index (χ3n) is 3.03. The zero-order valence-electron chi connectivity index (χ0n) is 11.1. The van der Waals surface area contributed by atoms with E-state index in [1.165, 1.54) is 0 Å². The second-order valence-electron chi connectivity index (χ2n) is 4.76. The molecule has 1 amide bonds. The summed E-state index contributed by atoms with van der Waals surface area (Å²) in [7, 11) is 3.82. The molecule has 0 saturated carbocycles. The van der Waals surface area contributed by atoms with E-state index in [-0.39, 0.29) is 11.3 Å². The SMILES string of the molecule is CC.CNC(=O)CC1CN(C)CC1(C)C. The molecule has 0 aromatic carbocycles. The van der Waals surface area contributed by atoms with Crippen LogP contribution in [0.2, 0.25) is 0 Å². The maximum Gasteiger partial charge on any atom is 0.220 e. The van der Waals surface area contributed by atoms with Gasteiger partial charge < -0.3 is 10.2 Å². The molecule has 1 rings (SSSR count). The van der Waals surface area contributed by atoms with Gasteiger partial charge in [-0.2, -0.15) is 0 Å². The van der Waals surface area contributed by atoms with Gasteiger partial charge in [-0.05, 0) is 18.4 Å². The standard InChI is InChI=1S/C10H20N2O.C2H6/c1-10(2)7-12(4)6-8(10)5-9(13)11-3;1-2/h8H,5-7H2,1-4H3,(H,11,13);1-2H3. The van der Waals surface area contributed by atoms with E-state index in [2.05, 4.69) is 31.1 Å². The maximum atomic E-state index is 11.2. The molecule has 1 aliphatic rings. The molecule has 1 saturated heterocycles. The number of nitrogens with one attached hydrogen (secondary N) is 1. The fraction of sp³-hybridized carbons (Fsp3) is 0.917. The van der Waals surface area contributed by atoms with Gasteiger partial charge in [-0.15, -0.1) is 0 Å². The van der Waals surface area contributed by atoms with Gasteiger partial charge >= 0.3 is 0 Å². The van der Waals surface area contributed by atoms with Crippen molar-refractivity contribution < 1.29 is 4.79 Å². The molecule has 0 aliphatic carbocycles. The fourth-order valence-corrected chi connectivity index (χ4v) is 2.18. The molecule has 1 unspecified atom stereocenters. The molecular formula is C12H26N2O. The van der Waals surface area contributed by atoms with Crippen LogP contribution in [0, 0.1) is 11.3 Å². The fourth-order valence-electron chi connectivity index (χ4n) is 2.18. The molecule has 0 radical (unpaired) electrons. The van der Waals surface area contributed by atoms with Crippen molar-refractivity contribution in [2.45, 2.75) is 34.1 Å². The highest BCUT2D eigenvalue weighted by Crippen LogP contribution is 2.36. The van der Waals surface area contributed by atoms with Crippen LogP contribution in [0.25, 0.3) is 0 Å². The summed E-state index contributed by atoms with van der Waals surface area (Å²) in [6.07, 6.45) is 0.661. The monoisotopic (exact) mass is 214 g/mol. The number of nitrogens with zero attached hydrogens (tertiary/aromatic N) is 1. The molecule has 0 spiro atoms. The molecule has 3 nitrogen and oxygen atoms in total. The highest BCUT2D eigenvalue weighted by Gasteiger charge is 2.38. The number of amides is 1. The van der Waals surface area contributed by atoms with E-state index in [1.54, 1.807) is 7.05 Å². The van der Waals surface area contributed by atoms with E-state index in [1.807, 2.05) is 13.8 Å². The van der Waals surface area contributed by atoms with Crippen LogP contribution in [0.5, 0.6) is 0 Å². The summed E-state index contributed by atoms with van der Waals surface area (Å²) in [5.74, 6) is 0.658. The third kappa shape index (κ3) is 4.20. The average Bonchev–Trinajstić information content (AvgIpc) is 2.42. The second kappa shape index (κ2) is 6.11. The van der Waals surface area contributed by atoms with Crippen molar-refractivity contribution in [3.05, 3.63) is 0 Å². The van der Waals surface area contributed by atoms with Crippen LogP contribution in [0.1, 0.15) is 34.1 Å². The van der Waals surface area contributed by atoms with Crippen LogP contribution >= 0.6 is 0 Å². The molecule has 0 aromatic heterocycles. The van der Waals surface area contributed by atoms with Gasteiger partial charge in [0.2, 0.25) is 5.91 Å². The molecule has 90 valence electrons. The molecule has 0 aromatic rings. The van der Waals surface area contributed by atoms with Crippen molar-refractivity contribution in [3.8, 4) is 0 Å². The van der Waals surface area contributed by atoms with Gasteiger partial charge in [0, 0.05) is 26.6 Å². The van der Waals surface area contributed by atoms with Crippen molar-refractivity contribution in [1.29, 1.82) is 0 Å². The summed E-state index contributed by atoms with van der Waals surface area (Å²) < 4.78 is 0. The normalized spacial score (nSPS) is 24.3. The van der Waals surface area contributed by atoms with Gasteiger partial charge in [-0.1, -0.05) is 27.7 Å². The number of likely N-dealkylation sites (tertiary alicyclic amines) is 1. The van der Waals surface area contributed by atoms with E-state index in [4.69, 9.17) is 0 Å². The van der Waals surface area contributed by atoms with Gasteiger partial charge in [-0.3, -0.25) is 4.79 Å². The number of carbonyl (C=O) groups excluding carboxylic acids is 1. The van der Waals surface area contributed by atoms with Gasteiger partial charge in [0.1, 0.15) is 0 Å². The summed E-state index contributed by atoms with van der Waals surface area (Å²) in [6, 6.07) is 0. The number of carbonyl (C=O) groups is 1. The van der Waals surface area contributed by atoms with Crippen molar-refractivity contribution in [2.24, 2.45) is 11.3 Å². The Morgan fingerprint density at radius 1 is 1.47 bits per heavy atom. The van der Waals surface area contributed by atoms with Gasteiger partial charge in [0.25, 0.3) is 0 Å². The van der Waals surface area contributed by atoms with Gasteiger partial charge in [-0.25, -0.2) is 0 Å². The molecular weight excluding hydrogens is 188 g/mol. The van der Waals surface area contributed by atoms with Gasteiger partial charge in [0.05, 0.1) is 0 Å². The largest absolute Gasteiger partial charge is 0.359 e. The first-order valence-corrected chi connectivity index (χ1v) is 5.85. The Morgan fingerprint density at radius 2 is 2.00 bits per heavy atom. The maximum absolute atomic E-state index is 11.2. The van der Waals surface area contributed by atoms with E-state index >= 15 is 0 Å². The second-order valence-corrected chi connectivity index (χ2v) is 4.76. The predicted molar refractivity (Wildman–Crippen MR) is 64.8 cm³/mol. The van der Waals surface area contributed by atoms with Crippen LogP contribution in [-0.2, 0) is 4.79 Å². The molecule has 15 heavy (non-hydrogen) atoms. The van der Waals surface area contributed by atoms with Crippen molar-refractivity contribution in [3.63, 3.8) is 0 Å². The van der Waals surface area contributed by atoms with E-state index in [0.29, 0.717) is 12.3 Å². The molecule has 1 heterocycles. The summed E-state index contributed by atoms with van der Waals surface area (Å²) in [5.41, 5.74) is 0.279. The highest BCUT2D eigenvalue weighted by atomic mass is 16.1. The summed E-state index contributed by atoms with van der Waals surface area (Å²) in [6.45, 7) is 10.6. The Labute approximate surface area is 94.2 Å². The Bertz CT molecular complexity index is 202. The van der Waals surface area contributed by atoms with Gasteiger partial charge in [0.15, 0.2) is 0 Å². The molecule has 3 heteroatoms. The minimum absolute atomic E-state index is 0.161. The average molecular weight is 214 g/mol. The molecule has 0 bridgehead atoms. The highest BCUT2D eigenvalue weighted by molar-refractivity contribution is 5.75. The number of hydrogen-bond acceptors (Lipinski definition) is 2. The minimum Gasteiger partial charge on any atom is -0.359 e. The van der Waals surface area contributed by atoms with Crippen LogP contribution in [0.3, 0.4) is 0 Å². The number of hydrogen-bond donors (Lipinski definition) is 1.